The Morgan fingerprint density at radius 2 is 1.60 bits per heavy atom. The molecule has 134 valence electrons. The zero-order valence-electron chi connectivity index (χ0n) is 14.2. The molecule has 7 heteroatoms. The molecular weight excluding hydrogens is 358 g/mol. The van der Waals surface area contributed by atoms with Gasteiger partial charge < -0.3 is 10.1 Å². The highest BCUT2D eigenvalue weighted by Gasteiger charge is 2.14. The van der Waals surface area contributed by atoms with E-state index in [0.29, 0.717) is 22.9 Å². The topological polar surface area (TPSA) is 72.5 Å². The quantitative estimate of drug-likeness (QED) is 0.759. The first-order valence-corrected chi connectivity index (χ1v) is 10.6. The number of thioether (sulfide) groups is 1. The SMILES string of the molecule is CCSCS(=O)(=O)c1ccc(Oc2ccc(CNC(C)=O)cc2)cc1. The van der Waals surface area contributed by atoms with Crippen LogP contribution in [0, 0.1) is 0 Å². The lowest BCUT2D eigenvalue weighted by Gasteiger charge is -2.08. The maximum atomic E-state index is 12.1. The number of carbonyl (C=O) groups excluding carboxylic acids is 1. The van der Waals surface area contributed by atoms with E-state index in [0.717, 1.165) is 11.3 Å². The highest BCUT2D eigenvalue weighted by Crippen LogP contribution is 2.24. The molecule has 1 amide bonds. The summed E-state index contributed by atoms with van der Waals surface area (Å²) in [5.74, 6) is 1.89. The van der Waals surface area contributed by atoms with Gasteiger partial charge >= 0.3 is 0 Å². The second-order valence-electron chi connectivity index (χ2n) is 5.35. The van der Waals surface area contributed by atoms with Crippen molar-refractivity contribution in [2.24, 2.45) is 0 Å². The molecule has 5 nitrogen and oxygen atoms in total. The van der Waals surface area contributed by atoms with Gasteiger partial charge in [0, 0.05) is 13.5 Å². The van der Waals surface area contributed by atoms with Crippen LogP contribution in [-0.2, 0) is 21.2 Å². The smallest absolute Gasteiger partial charge is 0.217 e. The van der Waals surface area contributed by atoms with E-state index in [1.165, 1.54) is 18.7 Å². The van der Waals surface area contributed by atoms with E-state index in [-0.39, 0.29) is 11.0 Å². The Kier molecular flexibility index (Phi) is 6.90. The summed E-state index contributed by atoms with van der Waals surface area (Å²) < 4.78 is 30.0. The third kappa shape index (κ3) is 6.10. The van der Waals surface area contributed by atoms with Crippen LogP contribution in [0.15, 0.2) is 53.4 Å². The van der Waals surface area contributed by atoms with E-state index in [4.69, 9.17) is 4.74 Å². The fraction of sp³-hybridized carbons (Fsp3) is 0.278. The third-order valence-corrected chi connectivity index (χ3v) is 6.63. The Labute approximate surface area is 152 Å². The molecule has 2 aromatic rings. The maximum Gasteiger partial charge on any atom is 0.217 e. The van der Waals surface area contributed by atoms with Gasteiger partial charge in [-0.15, -0.1) is 11.8 Å². The Balaban J connectivity index is 2.00. The summed E-state index contributed by atoms with van der Waals surface area (Å²) in [6.45, 7) is 3.87. The number of rotatable bonds is 8. The van der Waals surface area contributed by atoms with E-state index in [2.05, 4.69) is 5.32 Å². The molecule has 1 N–H and O–H groups in total. The molecule has 0 fully saturated rings. The summed E-state index contributed by atoms with van der Waals surface area (Å²) in [7, 11) is -3.26. The Bertz CT molecular complexity index is 800. The van der Waals surface area contributed by atoms with Crippen LogP contribution in [0.1, 0.15) is 19.4 Å². The van der Waals surface area contributed by atoms with E-state index in [1.807, 2.05) is 19.1 Å². The van der Waals surface area contributed by atoms with Crippen molar-refractivity contribution in [1.82, 2.24) is 5.32 Å². The van der Waals surface area contributed by atoms with Crippen molar-refractivity contribution in [1.29, 1.82) is 0 Å². The fourth-order valence-corrected chi connectivity index (χ4v) is 4.65. The molecule has 0 heterocycles. The second kappa shape index (κ2) is 8.92. The second-order valence-corrected chi connectivity index (χ2v) is 8.98. The maximum absolute atomic E-state index is 12.1. The average Bonchev–Trinajstić information content (AvgIpc) is 2.60. The normalized spacial score (nSPS) is 11.1. The van der Waals surface area contributed by atoms with Crippen molar-refractivity contribution in [3.8, 4) is 11.5 Å². The van der Waals surface area contributed by atoms with Crippen molar-refractivity contribution in [3.63, 3.8) is 0 Å². The van der Waals surface area contributed by atoms with Crippen LogP contribution in [0.2, 0.25) is 0 Å². The van der Waals surface area contributed by atoms with Gasteiger partial charge in [0.05, 0.1) is 4.90 Å². The number of hydrogen-bond acceptors (Lipinski definition) is 5. The van der Waals surface area contributed by atoms with E-state index >= 15 is 0 Å². The minimum absolute atomic E-state index is 0.0762. The third-order valence-electron chi connectivity index (χ3n) is 3.33. The lowest BCUT2D eigenvalue weighted by molar-refractivity contribution is -0.119. The largest absolute Gasteiger partial charge is 0.457 e. The molecule has 0 bridgehead atoms. The van der Waals surface area contributed by atoms with E-state index < -0.39 is 9.84 Å². The molecule has 0 saturated carbocycles. The molecule has 25 heavy (non-hydrogen) atoms. The van der Waals surface area contributed by atoms with Crippen LogP contribution in [0.3, 0.4) is 0 Å². The summed E-state index contributed by atoms with van der Waals surface area (Å²) in [4.78, 5) is 11.2. The van der Waals surface area contributed by atoms with Crippen LogP contribution < -0.4 is 10.1 Å². The van der Waals surface area contributed by atoms with Gasteiger partial charge in [-0.3, -0.25) is 4.79 Å². The van der Waals surface area contributed by atoms with Gasteiger partial charge in [0.15, 0.2) is 9.84 Å². The predicted molar refractivity (Wildman–Crippen MR) is 101 cm³/mol. The van der Waals surface area contributed by atoms with Crippen molar-refractivity contribution in [2.45, 2.75) is 25.3 Å². The molecule has 0 aromatic heterocycles. The van der Waals surface area contributed by atoms with Gasteiger partial charge in [-0.25, -0.2) is 8.42 Å². The number of carbonyl (C=O) groups is 1. The molecule has 0 atom stereocenters. The Morgan fingerprint density at radius 1 is 1.04 bits per heavy atom. The van der Waals surface area contributed by atoms with Gasteiger partial charge in [-0.2, -0.15) is 0 Å². The first-order chi connectivity index (χ1) is 11.9. The minimum Gasteiger partial charge on any atom is -0.457 e. The molecule has 0 aliphatic rings. The van der Waals surface area contributed by atoms with Crippen LogP contribution >= 0.6 is 11.8 Å². The van der Waals surface area contributed by atoms with Gasteiger partial charge in [0.2, 0.25) is 5.91 Å². The van der Waals surface area contributed by atoms with Gasteiger partial charge in [0.1, 0.15) is 16.6 Å². The Hall–Kier alpha value is -1.99. The number of hydrogen-bond donors (Lipinski definition) is 1. The van der Waals surface area contributed by atoms with Gasteiger partial charge in [-0.05, 0) is 47.7 Å². The highest BCUT2D eigenvalue weighted by molar-refractivity contribution is 8.12. The number of benzene rings is 2. The first-order valence-electron chi connectivity index (χ1n) is 7.82. The van der Waals surface area contributed by atoms with Crippen molar-refractivity contribution >= 4 is 27.5 Å². The lowest BCUT2D eigenvalue weighted by atomic mass is 10.2. The highest BCUT2D eigenvalue weighted by atomic mass is 32.3. The van der Waals surface area contributed by atoms with Gasteiger partial charge in [0.25, 0.3) is 0 Å². The van der Waals surface area contributed by atoms with E-state index in [1.54, 1.807) is 36.4 Å². The van der Waals surface area contributed by atoms with Crippen molar-refractivity contribution in [2.75, 3.05) is 10.8 Å². The zero-order chi connectivity index (χ0) is 18.3. The number of ether oxygens (including phenoxy) is 1. The molecule has 2 aromatic carbocycles. The molecule has 2 rings (SSSR count). The predicted octanol–water partition coefficient (Wildman–Crippen LogP) is 3.60. The summed E-state index contributed by atoms with van der Waals surface area (Å²) >= 11 is 1.38. The molecule has 0 aliphatic heterocycles. The molecule has 0 unspecified atom stereocenters. The lowest BCUT2D eigenvalue weighted by Crippen LogP contribution is -2.18. The molecule has 0 radical (unpaired) electrons. The Morgan fingerprint density at radius 3 is 2.12 bits per heavy atom. The summed E-state index contributed by atoms with van der Waals surface area (Å²) in [6, 6.07) is 13.8. The summed E-state index contributed by atoms with van der Waals surface area (Å²) in [5, 5.41) is 2.81. The van der Waals surface area contributed by atoms with Crippen molar-refractivity contribution < 1.29 is 17.9 Å². The average molecular weight is 380 g/mol. The van der Waals surface area contributed by atoms with Crippen LogP contribution in [0.4, 0.5) is 0 Å². The standard InChI is InChI=1S/C18H21NO4S2/c1-3-24-13-25(21,22)18-10-8-17(9-11-18)23-16-6-4-15(5-7-16)12-19-14(2)20/h4-11H,3,12-13H2,1-2H3,(H,19,20). The molecule has 0 aliphatic carbocycles. The van der Waals surface area contributed by atoms with Crippen LogP contribution in [-0.4, -0.2) is 25.2 Å². The summed E-state index contributed by atoms with van der Waals surface area (Å²) in [6.07, 6.45) is 0. The number of amides is 1. The van der Waals surface area contributed by atoms with Crippen LogP contribution in [0.25, 0.3) is 0 Å². The minimum atomic E-state index is -3.26. The monoisotopic (exact) mass is 379 g/mol. The molecule has 0 saturated heterocycles. The van der Waals surface area contributed by atoms with Crippen molar-refractivity contribution in [3.05, 3.63) is 54.1 Å². The van der Waals surface area contributed by atoms with Gasteiger partial charge in [-0.1, -0.05) is 19.1 Å². The first kappa shape index (κ1) is 19.3. The molecule has 0 spiro atoms. The zero-order valence-corrected chi connectivity index (χ0v) is 15.8. The van der Waals surface area contributed by atoms with Crippen LogP contribution in [0.5, 0.6) is 11.5 Å². The number of sulfone groups is 1. The fourth-order valence-electron chi connectivity index (χ4n) is 2.01. The molecular formula is C18H21NO4S2. The van der Waals surface area contributed by atoms with E-state index in [9.17, 15) is 13.2 Å². The number of nitrogens with one attached hydrogen (secondary N) is 1. The summed E-state index contributed by atoms with van der Waals surface area (Å²) in [5.41, 5.74) is 0.970.